The summed E-state index contributed by atoms with van der Waals surface area (Å²) in [6.07, 6.45) is 4.92. The van der Waals surface area contributed by atoms with E-state index >= 15 is 0 Å². The van der Waals surface area contributed by atoms with E-state index in [1.165, 1.54) is 12.8 Å². The van der Waals surface area contributed by atoms with Gasteiger partial charge < -0.3 is 15.5 Å². The van der Waals surface area contributed by atoms with E-state index < -0.39 is 0 Å². The van der Waals surface area contributed by atoms with E-state index in [1.54, 1.807) is 11.9 Å². The van der Waals surface area contributed by atoms with Crippen molar-refractivity contribution < 1.29 is 9.59 Å². The van der Waals surface area contributed by atoms with Gasteiger partial charge in [0.2, 0.25) is 11.8 Å². The van der Waals surface area contributed by atoms with Crippen molar-refractivity contribution in [1.82, 2.24) is 9.80 Å². The zero-order chi connectivity index (χ0) is 15.6. The Labute approximate surface area is 140 Å². The van der Waals surface area contributed by atoms with Crippen LogP contribution in [0.25, 0.3) is 0 Å². The van der Waals surface area contributed by atoms with Crippen LogP contribution in [0, 0.1) is 11.8 Å². The minimum Gasteiger partial charge on any atom is -0.341 e. The molecule has 2 amide bonds. The van der Waals surface area contributed by atoms with Gasteiger partial charge in [-0.1, -0.05) is 6.92 Å². The number of nitrogens with two attached hydrogens (primary N) is 1. The molecule has 0 spiro atoms. The molecule has 2 rings (SSSR count). The molecular formula is C16H30ClN3O2. The van der Waals surface area contributed by atoms with Crippen LogP contribution in [0.4, 0.5) is 0 Å². The largest absolute Gasteiger partial charge is 0.341 e. The molecule has 2 atom stereocenters. The summed E-state index contributed by atoms with van der Waals surface area (Å²) in [5.41, 5.74) is 5.62. The first-order valence-electron chi connectivity index (χ1n) is 8.20. The van der Waals surface area contributed by atoms with E-state index in [-0.39, 0.29) is 36.2 Å². The van der Waals surface area contributed by atoms with E-state index in [2.05, 4.69) is 6.92 Å². The van der Waals surface area contributed by atoms with Crippen LogP contribution in [0.15, 0.2) is 0 Å². The fraction of sp³-hybridized carbons (Fsp3) is 0.875. The first-order valence-corrected chi connectivity index (χ1v) is 8.20. The average molecular weight is 332 g/mol. The minimum absolute atomic E-state index is 0. The van der Waals surface area contributed by atoms with Gasteiger partial charge in [0, 0.05) is 38.6 Å². The highest BCUT2D eigenvalue weighted by atomic mass is 35.5. The van der Waals surface area contributed by atoms with Crippen molar-refractivity contribution in [2.75, 3.05) is 20.1 Å². The fourth-order valence-corrected chi connectivity index (χ4v) is 3.47. The molecule has 0 radical (unpaired) electrons. The molecule has 5 nitrogen and oxygen atoms in total. The molecule has 1 saturated heterocycles. The predicted octanol–water partition coefficient (Wildman–Crippen LogP) is 1.64. The maximum atomic E-state index is 12.5. The monoisotopic (exact) mass is 331 g/mol. The van der Waals surface area contributed by atoms with Crippen LogP contribution in [0.1, 0.15) is 46.0 Å². The molecule has 0 bridgehead atoms. The maximum absolute atomic E-state index is 12.5. The lowest BCUT2D eigenvalue weighted by atomic mass is 9.86. The molecule has 2 N–H and O–H groups in total. The Morgan fingerprint density at radius 2 is 1.95 bits per heavy atom. The summed E-state index contributed by atoms with van der Waals surface area (Å²) < 4.78 is 0. The third-order valence-corrected chi connectivity index (χ3v) is 5.28. The lowest BCUT2D eigenvalue weighted by Crippen LogP contribution is -2.44. The molecule has 2 fully saturated rings. The molecule has 1 heterocycles. The Hall–Kier alpha value is -0.810. The number of rotatable bonds is 4. The van der Waals surface area contributed by atoms with Crippen molar-refractivity contribution in [3.05, 3.63) is 0 Å². The van der Waals surface area contributed by atoms with E-state index in [4.69, 9.17) is 5.73 Å². The molecular weight excluding hydrogens is 302 g/mol. The Morgan fingerprint density at radius 1 is 1.36 bits per heavy atom. The van der Waals surface area contributed by atoms with E-state index in [0.29, 0.717) is 25.6 Å². The molecule has 6 heteroatoms. The first-order chi connectivity index (χ1) is 9.93. The Morgan fingerprint density at radius 3 is 2.50 bits per heavy atom. The number of amides is 2. The minimum atomic E-state index is -0.184. The number of nitrogens with zero attached hydrogens (tertiary/aromatic N) is 2. The fourth-order valence-electron chi connectivity index (χ4n) is 3.47. The van der Waals surface area contributed by atoms with Crippen LogP contribution in [0.2, 0.25) is 0 Å². The highest BCUT2D eigenvalue weighted by molar-refractivity contribution is 5.89. The van der Waals surface area contributed by atoms with Gasteiger partial charge in [0.1, 0.15) is 0 Å². The summed E-state index contributed by atoms with van der Waals surface area (Å²) in [6.45, 7) is 5.26. The average Bonchev–Trinajstić information content (AvgIpc) is 2.87. The number of carbonyl (C=O) groups excluding carboxylic acids is 2. The van der Waals surface area contributed by atoms with E-state index in [0.717, 1.165) is 18.8 Å². The van der Waals surface area contributed by atoms with Gasteiger partial charge in [-0.3, -0.25) is 9.59 Å². The van der Waals surface area contributed by atoms with Crippen LogP contribution in [-0.4, -0.2) is 53.8 Å². The number of hydrogen-bond donors (Lipinski definition) is 1. The van der Waals surface area contributed by atoms with E-state index in [9.17, 15) is 9.59 Å². The second kappa shape index (κ2) is 8.16. The summed E-state index contributed by atoms with van der Waals surface area (Å²) in [4.78, 5) is 28.4. The molecule has 1 aliphatic heterocycles. The number of hydrogen-bond acceptors (Lipinski definition) is 3. The Bertz CT molecular complexity index is 397. The first kappa shape index (κ1) is 19.2. The molecule has 22 heavy (non-hydrogen) atoms. The second-order valence-corrected chi connectivity index (χ2v) is 6.89. The van der Waals surface area contributed by atoms with E-state index in [1.807, 2.05) is 11.8 Å². The van der Waals surface area contributed by atoms with Crippen LogP contribution in [0.3, 0.4) is 0 Å². The van der Waals surface area contributed by atoms with Gasteiger partial charge in [0.25, 0.3) is 0 Å². The van der Waals surface area contributed by atoms with Crippen molar-refractivity contribution in [3.63, 3.8) is 0 Å². The van der Waals surface area contributed by atoms with Gasteiger partial charge >= 0.3 is 0 Å². The lowest BCUT2D eigenvalue weighted by molar-refractivity contribution is -0.136. The molecule has 0 aromatic carbocycles. The summed E-state index contributed by atoms with van der Waals surface area (Å²) >= 11 is 0. The molecule has 128 valence electrons. The second-order valence-electron chi connectivity index (χ2n) is 6.89. The number of carbonyl (C=O) groups is 2. The van der Waals surface area contributed by atoms with Crippen molar-refractivity contribution in [1.29, 1.82) is 0 Å². The van der Waals surface area contributed by atoms with Crippen molar-refractivity contribution >= 4 is 24.2 Å². The Balaban J connectivity index is 0.00000242. The molecule has 1 aliphatic carbocycles. The van der Waals surface area contributed by atoms with Gasteiger partial charge in [-0.05, 0) is 38.5 Å². The topological polar surface area (TPSA) is 66.6 Å². The van der Waals surface area contributed by atoms with Crippen LogP contribution < -0.4 is 5.73 Å². The molecule has 0 aromatic heterocycles. The molecule has 2 aliphatic rings. The third kappa shape index (κ3) is 4.13. The highest BCUT2D eigenvalue weighted by Gasteiger charge is 2.40. The smallest absolute Gasteiger partial charge is 0.228 e. The predicted molar refractivity (Wildman–Crippen MR) is 89.8 cm³/mol. The zero-order valence-corrected chi connectivity index (χ0v) is 14.8. The molecule has 0 aromatic rings. The number of likely N-dealkylation sites (N-methyl/N-ethyl adjacent to an activating group) is 1. The van der Waals surface area contributed by atoms with Gasteiger partial charge in [0.05, 0.1) is 5.92 Å². The summed E-state index contributed by atoms with van der Waals surface area (Å²) in [5, 5.41) is 0. The zero-order valence-electron chi connectivity index (χ0n) is 14.0. The summed E-state index contributed by atoms with van der Waals surface area (Å²) in [7, 11) is 1.79. The van der Waals surface area contributed by atoms with Crippen LogP contribution >= 0.6 is 12.4 Å². The summed E-state index contributed by atoms with van der Waals surface area (Å²) in [6, 6.07) is 0.376. The maximum Gasteiger partial charge on any atom is 0.228 e. The SMILES string of the molecule is CC1CCC(N2CC(C(=O)N(C)C(C)CN)CC2=O)CC1.Cl. The quantitative estimate of drug-likeness (QED) is 0.851. The van der Waals surface area contributed by atoms with Crippen molar-refractivity contribution in [2.45, 2.75) is 58.0 Å². The Kier molecular flexibility index (Phi) is 7.13. The van der Waals surface area contributed by atoms with Gasteiger partial charge in [-0.2, -0.15) is 0 Å². The van der Waals surface area contributed by atoms with Gasteiger partial charge in [-0.25, -0.2) is 0 Å². The third-order valence-electron chi connectivity index (χ3n) is 5.28. The van der Waals surface area contributed by atoms with Crippen LogP contribution in [-0.2, 0) is 9.59 Å². The molecule has 1 saturated carbocycles. The normalized spacial score (nSPS) is 29.9. The standard InChI is InChI=1S/C16H29N3O2.ClH/c1-11-4-6-14(7-5-11)19-10-13(8-15(19)20)16(21)18(3)12(2)9-17;/h11-14H,4-10,17H2,1-3H3;1H. The number of halogens is 1. The highest BCUT2D eigenvalue weighted by Crippen LogP contribution is 2.31. The van der Waals surface area contributed by atoms with Gasteiger partial charge in [-0.15, -0.1) is 12.4 Å². The van der Waals surface area contributed by atoms with Crippen LogP contribution in [0.5, 0.6) is 0 Å². The van der Waals surface area contributed by atoms with Crippen molar-refractivity contribution in [2.24, 2.45) is 17.6 Å². The summed E-state index contributed by atoms with van der Waals surface area (Å²) in [5.74, 6) is 0.804. The lowest BCUT2D eigenvalue weighted by Gasteiger charge is -2.34. The molecule has 2 unspecified atom stereocenters. The van der Waals surface area contributed by atoms with Crippen molar-refractivity contribution in [3.8, 4) is 0 Å². The van der Waals surface area contributed by atoms with Gasteiger partial charge in [0.15, 0.2) is 0 Å². The number of likely N-dealkylation sites (tertiary alicyclic amines) is 1.